The third-order valence-electron chi connectivity index (χ3n) is 8.93. The van der Waals surface area contributed by atoms with Crippen molar-refractivity contribution in [3.63, 3.8) is 0 Å². The number of nitrogens with zero attached hydrogens (tertiary/aromatic N) is 4. The number of anilines is 1. The van der Waals surface area contributed by atoms with E-state index in [9.17, 15) is 9.50 Å². The molecule has 2 aromatic carbocycles. The van der Waals surface area contributed by atoms with Crippen molar-refractivity contribution < 1.29 is 21.4 Å². The molecule has 0 bridgehead atoms. The summed E-state index contributed by atoms with van der Waals surface area (Å²) in [6.45, 7) is 5.33. The molecule has 0 radical (unpaired) electrons. The van der Waals surface area contributed by atoms with Crippen LogP contribution < -0.4 is 20.2 Å². The Morgan fingerprint density at radius 3 is 2.69 bits per heavy atom. The van der Waals surface area contributed by atoms with Gasteiger partial charge in [-0.3, -0.25) is 0 Å². The van der Waals surface area contributed by atoms with Crippen LogP contribution in [-0.2, 0) is 0 Å². The minimum absolute atomic E-state index is 0.0126. The minimum atomic E-state index is -1.95. The number of hydrogen-bond acceptors (Lipinski definition) is 6. The molecule has 0 amide bonds. The van der Waals surface area contributed by atoms with Crippen molar-refractivity contribution in [1.29, 1.82) is 0 Å². The normalized spacial score (nSPS) is 19.5. The molecule has 3 heterocycles. The quantitative estimate of drug-likeness (QED) is 0.267. The van der Waals surface area contributed by atoms with Crippen molar-refractivity contribution in [2.75, 3.05) is 37.6 Å². The van der Waals surface area contributed by atoms with Crippen LogP contribution in [0.25, 0.3) is 23.0 Å². The van der Waals surface area contributed by atoms with Gasteiger partial charge in [-0.2, -0.15) is 9.97 Å². The van der Waals surface area contributed by atoms with Crippen LogP contribution in [0.1, 0.15) is 86.0 Å². The predicted octanol–water partition coefficient (Wildman–Crippen LogP) is 5.98. The first-order chi connectivity index (χ1) is 21.1. The van der Waals surface area contributed by atoms with E-state index in [1.165, 1.54) is 24.6 Å². The summed E-state index contributed by atoms with van der Waals surface area (Å²) < 4.78 is 53.5. The van der Waals surface area contributed by atoms with Gasteiger partial charge in [-0.15, -0.1) is 0 Å². The second-order valence-corrected chi connectivity index (χ2v) is 12.3. The van der Waals surface area contributed by atoms with E-state index in [0.717, 1.165) is 81.4 Å². The van der Waals surface area contributed by atoms with Gasteiger partial charge in [0.15, 0.2) is 11.6 Å². The minimum Gasteiger partial charge on any atom is -0.508 e. The highest BCUT2D eigenvalue weighted by Crippen LogP contribution is 2.47. The lowest BCUT2D eigenvalue weighted by Gasteiger charge is -2.25. The number of phenolic OH excluding ortho intramolecular Hbond substituents is 1. The van der Waals surface area contributed by atoms with Crippen LogP contribution in [0, 0.1) is 17.0 Å². The van der Waals surface area contributed by atoms with Crippen LogP contribution in [0.5, 0.6) is 11.8 Å². The van der Waals surface area contributed by atoms with Crippen LogP contribution in [0.4, 0.5) is 14.5 Å². The van der Waals surface area contributed by atoms with Crippen LogP contribution in [0.3, 0.4) is 0 Å². The zero-order valence-corrected chi connectivity index (χ0v) is 24.6. The van der Waals surface area contributed by atoms with Crippen LogP contribution in [-0.4, -0.2) is 52.7 Å². The number of aromatic hydroxyl groups is 1. The van der Waals surface area contributed by atoms with E-state index in [4.69, 9.17) is 17.4 Å². The van der Waals surface area contributed by atoms with Gasteiger partial charge in [0.25, 0.3) is 0 Å². The SMILES string of the molecule is [2H]C([2H])(Oc1nc(C(C)CCCCCC)c2c(n1)=CN(c1cc(O)cc3ccc(F)c(F)c13)CC=2)C1(CN2CCCC2)CC1. The van der Waals surface area contributed by atoms with Crippen molar-refractivity contribution in [2.24, 2.45) is 5.41 Å². The molecule has 1 N–H and O–H groups in total. The third kappa shape index (κ3) is 6.10. The Bertz CT molecular complexity index is 1660. The average Bonchev–Trinajstić information content (AvgIpc) is 3.62. The molecular weight excluding hydrogens is 534 g/mol. The van der Waals surface area contributed by atoms with Crippen LogP contribution in [0.2, 0.25) is 0 Å². The predicted molar refractivity (Wildman–Crippen MR) is 163 cm³/mol. The van der Waals surface area contributed by atoms with Crippen molar-refractivity contribution in [3.05, 3.63) is 52.2 Å². The lowest BCUT2D eigenvalue weighted by Crippen LogP contribution is -2.42. The molecule has 42 heavy (non-hydrogen) atoms. The first-order valence-electron chi connectivity index (χ1n) is 16.5. The van der Waals surface area contributed by atoms with E-state index in [1.54, 1.807) is 11.1 Å². The molecule has 1 saturated carbocycles. The van der Waals surface area contributed by atoms with Gasteiger partial charge in [0.05, 0.1) is 26.0 Å². The van der Waals surface area contributed by atoms with Gasteiger partial charge >= 0.3 is 6.01 Å². The molecule has 2 aliphatic heterocycles. The first-order valence-corrected chi connectivity index (χ1v) is 15.5. The zero-order chi connectivity index (χ0) is 31.1. The van der Waals surface area contributed by atoms with Gasteiger partial charge in [-0.05, 0) is 68.6 Å². The molecule has 1 atom stereocenters. The van der Waals surface area contributed by atoms with Gasteiger partial charge < -0.3 is 19.6 Å². The summed E-state index contributed by atoms with van der Waals surface area (Å²) in [4.78, 5) is 13.6. The summed E-state index contributed by atoms with van der Waals surface area (Å²) in [6.07, 6.45) is 12.9. The highest BCUT2D eigenvalue weighted by atomic mass is 19.2. The summed E-state index contributed by atoms with van der Waals surface area (Å²) in [7, 11) is 0. The van der Waals surface area contributed by atoms with Crippen molar-refractivity contribution in [3.8, 4) is 11.8 Å². The van der Waals surface area contributed by atoms with Gasteiger partial charge in [-0.1, -0.05) is 51.7 Å². The number of aromatic nitrogens is 2. The average molecular weight is 579 g/mol. The van der Waals surface area contributed by atoms with E-state index in [0.29, 0.717) is 29.5 Å². The van der Waals surface area contributed by atoms with Crippen LogP contribution >= 0.6 is 0 Å². The van der Waals surface area contributed by atoms with E-state index >= 15 is 4.39 Å². The monoisotopic (exact) mass is 578 g/mol. The number of likely N-dealkylation sites (tertiary alicyclic amines) is 1. The van der Waals surface area contributed by atoms with E-state index in [1.807, 2.05) is 6.08 Å². The Kier molecular flexibility index (Phi) is 7.63. The number of unbranched alkanes of at least 4 members (excludes halogenated alkanes) is 3. The molecule has 3 aromatic rings. The van der Waals surface area contributed by atoms with Crippen molar-refractivity contribution in [1.82, 2.24) is 14.9 Å². The number of fused-ring (bicyclic) bond motifs is 2. The highest BCUT2D eigenvalue weighted by Gasteiger charge is 2.45. The number of halogens is 2. The summed E-state index contributed by atoms with van der Waals surface area (Å²) in [5.41, 5.74) is 0.523. The highest BCUT2D eigenvalue weighted by molar-refractivity contribution is 5.98. The Morgan fingerprint density at radius 1 is 1.12 bits per heavy atom. The second-order valence-electron chi connectivity index (χ2n) is 12.3. The molecule has 8 heteroatoms. The summed E-state index contributed by atoms with van der Waals surface area (Å²) in [5, 5.41) is 12.2. The molecule has 6 rings (SSSR count). The molecule has 1 unspecified atom stereocenters. The molecule has 3 aliphatic rings. The maximum atomic E-state index is 15.1. The lowest BCUT2D eigenvalue weighted by molar-refractivity contribution is 0.169. The van der Waals surface area contributed by atoms with Gasteiger partial charge in [0.1, 0.15) is 5.75 Å². The fourth-order valence-corrected chi connectivity index (χ4v) is 6.34. The molecule has 6 nitrogen and oxygen atoms in total. The van der Waals surface area contributed by atoms with Crippen molar-refractivity contribution in [2.45, 2.75) is 77.6 Å². The van der Waals surface area contributed by atoms with Gasteiger partial charge in [0, 0.05) is 41.4 Å². The molecule has 224 valence electrons. The second kappa shape index (κ2) is 12.2. The Labute approximate surface area is 249 Å². The number of ether oxygens (including phenoxy) is 1. The number of rotatable bonds is 12. The van der Waals surface area contributed by atoms with Gasteiger partial charge in [0.2, 0.25) is 0 Å². The smallest absolute Gasteiger partial charge is 0.317 e. The lowest BCUT2D eigenvalue weighted by atomic mass is 9.97. The Morgan fingerprint density at radius 2 is 1.93 bits per heavy atom. The topological polar surface area (TPSA) is 61.7 Å². The molecule has 0 spiro atoms. The number of hydrogen-bond donors (Lipinski definition) is 1. The first kappa shape index (κ1) is 26.4. The number of phenols is 1. The maximum absolute atomic E-state index is 15.1. The molecular formula is C34H42F2N4O2. The largest absolute Gasteiger partial charge is 0.508 e. The maximum Gasteiger partial charge on any atom is 0.317 e. The molecule has 1 aromatic heterocycles. The number of benzene rings is 2. The molecule has 2 fully saturated rings. The van der Waals surface area contributed by atoms with E-state index in [2.05, 4.69) is 18.7 Å². The Hall–Kier alpha value is -3.26. The fourth-order valence-electron chi connectivity index (χ4n) is 6.34. The zero-order valence-electron chi connectivity index (χ0n) is 26.6. The molecule has 1 aliphatic carbocycles. The Balaban J connectivity index is 1.39. The third-order valence-corrected chi connectivity index (χ3v) is 8.93. The molecule has 1 saturated heterocycles. The van der Waals surface area contributed by atoms with Gasteiger partial charge in [-0.25, -0.2) is 8.78 Å². The van der Waals surface area contributed by atoms with E-state index < -0.39 is 23.6 Å². The standard InChI is InChI=1S/C34H42F2N4O2/c1-3-4-5-6-9-23(2)32-26-12-17-40(29-19-25(41)18-24-10-11-27(35)31(36)30(24)29)20-28(26)37-33(38-32)42-22-34(13-14-34)21-39-15-7-8-16-39/h10-12,18-20,23,41H,3-9,13-17,21-22H2,1-2H3/i22D2. The summed E-state index contributed by atoms with van der Waals surface area (Å²) >= 11 is 0. The summed E-state index contributed by atoms with van der Waals surface area (Å²) in [5.74, 6) is -1.92. The van der Waals surface area contributed by atoms with Crippen molar-refractivity contribution >= 4 is 28.7 Å². The van der Waals surface area contributed by atoms with E-state index in [-0.39, 0.29) is 23.1 Å². The van der Waals surface area contributed by atoms with Crippen LogP contribution in [0.15, 0.2) is 24.3 Å². The summed E-state index contributed by atoms with van der Waals surface area (Å²) in [6, 6.07) is 5.32. The fraction of sp³-hybridized carbons (Fsp3) is 0.529.